The van der Waals surface area contributed by atoms with Crippen LogP contribution >= 0.6 is 0 Å². The van der Waals surface area contributed by atoms with Crippen molar-refractivity contribution in [3.63, 3.8) is 0 Å². The van der Waals surface area contributed by atoms with Gasteiger partial charge < -0.3 is 15.4 Å². The summed E-state index contributed by atoms with van der Waals surface area (Å²) in [5, 5.41) is 6.48. The fourth-order valence-corrected chi connectivity index (χ4v) is 5.01. The van der Waals surface area contributed by atoms with E-state index in [1.54, 1.807) is 0 Å². The highest BCUT2D eigenvalue weighted by atomic mass is 16.5. The van der Waals surface area contributed by atoms with Gasteiger partial charge in [-0.05, 0) is 56.3 Å². The molecule has 0 unspecified atom stereocenters. The van der Waals surface area contributed by atoms with E-state index in [4.69, 9.17) is 4.74 Å². The van der Waals surface area contributed by atoms with Gasteiger partial charge in [0.1, 0.15) is 6.61 Å². The number of carbonyl (C=O) groups excluding carboxylic acids is 1. The predicted molar refractivity (Wildman–Crippen MR) is 78.5 cm³/mol. The maximum atomic E-state index is 12.0. The number of amides is 1. The molecule has 4 saturated carbocycles. The number of nitrogens with one attached hydrogen (secondary N) is 2. The second-order valence-electron chi connectivity index (χ2n) is 7.57. The van der Waals surface area contributed by atoms with Gasteiger partial charge in [-0.2, -0.15) is 0 Å². The molecule has 0 heterocycles. The van der Waals surface area contributed by atoms with Crippen molar-refractivity contribution >= 4 is 6.09 Å². The molecular formula is C16H28N2O2. The van der Waals surface area contributed by atoms with Crippen LogP contribution in [0.25, 0.3) is 0 Å². The van der Waals surface area contributed by atoms with Crippen LogP contribution in [0.2, 0.25) is 0 Å². The summed E-state index contributed by atoms with van der Waals surface area (Å²) in [5.41, 5.74) is 0.0668. The van der Waals surface area contributed by atoms with Gasteiger partial charge in [-0.15, -0.1) is 0 Å². The molecule has 0 spiro atoms. The van der Waals surface area contributed by atoms with E-state index in [2.05, 4.69) is 24.5 Å². The van der Waals surface area contributed by atoms with Crippen LogP contribution in [0.4, 0.5) is 4.79 Å². The molecule has 1 amide bonds. The molecule has 0 aromatic heterocycles. The minimum atomic E-state index is -0.211. The first-order valence-corrected chi connectivity index (χ1v) is 8.23. The number of hydrogen-bond acceptors (Lipinski definition) is 3. The molecule has 4 rings (SSSR count). The minimum Gasteiger partial charge on any atom is -0.448 e. The summed E-state index contributed by atoms with van der Waals surface area (Å²) in [4.78, 5) is 12.0. The molecule has 4 heteroatoms. The topological polar surface area (TPSA) is 50.4 Å². The molecule has 0 aliphatic heterocycles. The highest BCUT2D eigenvalue weighted by Crippen LogP contribution is 2.55. The first kappa shape index (κ1) is 14.2. The zero-order valence-corrected chi connectivity index (χ0v) is 12.8. The summed E-state index contributed by atoms with van der Waals surface area (Å²) in [7, 11) is 0. The fourth-order valence-electron chi connectivity index (χ4n) is 5.01. The summed E-state index contributed by atoms with van der Waals surface area (Å²) < 4.78 is 5.32. The molecule has 114 valence electrons. The first-order valence-electron chi connectivity index (χ1n) is 8.23. The third-order valence-electron chi connectivity index (χ3n) is 5.29. The van der Waals surface area contributed by atoms with Gasteiger partial charge in [0.2, 0.25) is 0 Å². The average Bonchev–Trinajstić information content (AvgIpc) is 2.32. The van der Waals surface area contributed by atoms with Crippen LogP contribution in [-0.2, 0) is 4.74 Å². The molecule has 4 nitrogen and oxygen atoms in total. The van der Waals surface area contributed by atoms with Crippen LogP contribution in [0.5, 0.6) is 0 Å². The molecule has 0 aromatic rings. The van der Waals surface area contributed by atoms with Gasteiger partial charge in [0.25, 0.3) is 0 Å². The summed E-state index contributed by atoms with van der Waals surface area (Å²) in [6.45, 7) is 5.37. The Balaban J connectivity index is 1.46. The Labute approximate surface area is 122 Å². The molecular weight excluding hydrogens is 252 g/mol. The van der Waals surface area contributed by atoms with Crippen molar-refractivity contribution < 1.29 is 9.53 Å². The molecule has 4 aliphatic carbocycles. The standard InChI is InChI=1S/C16H28N2O2/c1-11(2)17-3-4-20-15(19)18-16-8-12-5-13(9-16)7-14(6-12)10-16/h11-14,17H,3-10H2,1-2H3,(H,18,19). The summed E-state index contributed by atoms with van der Waals surface area (Å²) in [6.07, 6.45) is 7.52. The number of hydrogen-bond donors (Lipinski definition) is 2. The first-order chi connectivity index (χ1) is 9.55. The second kappa shape index (κ2) is 5.55. The third-order valence-corrected chi connectivity index (χ3v) is 5.29. The van der Waals surface area contributed by atoms with Crippen LogP contribution in [0.3, 0.4) is 0 Å². The number of ether oxygens (including phenoxy) is 1. The molecule has 0 atom stereocenters. The second-order valence-corrected chi connectivity index (χ2v) is 7.57. The molecule has 2 N–H and O–H groups in total. The van der Waals surface area contributed by atoms with E-state index >= 15 is 0 Å². The Bertz CT molecular complexity index is 332. The Hall–Kier alpha value is -0.770. The van der Waals surface area contributed by atoms with Crippen LogP contribution in [-0.4, -0.2) is 30.8 Å². The lowest BCUT2D eigenvalue weighted by Crippen LogP contribution is -2.60. The van der Waals surface area contributed by atoms with Crippen molar-refractivity contribution in [1.82, 2.24) is 10.6 Å². The van der Waals surface area contributed by atoms with E-state index in [1.807, 2.05) is 0 Å². The van der Waals surface area contributed by atoms with E-state index in [0.717, 1.165) is 24.3 Å². The van der Waals surface area contributed by atoms with Gasteiger partial charge >= 0.3 is 6.09 Å². The van der Waals surface area contributed by atoms with Gasteiger partial charge in [-0.1, -0.05) is 13.8 Å². The Morgan fingerprint density at radius 2 is 1.70 bits per heavy atom. The smallest absolute Gasteiger partial charge is 0.407 e. The molecule has 0 saturated heterocycles. The summed E-state index contributed by atoms with van der Waals surface area (Å²) in [6, 6.07) is 0.435. The largest absolute Gasteiger partial charge is 0.448 e. The van der Waals surface area contributed by atoms with Crippen molar-refractivity contribution in [2.24, 2.45) is 17.8 Å². The minimum absolute atomic E-state index is 0.0668. The van der Waals surface area contributed by atoms with Crippen LogP contribution in [0, 0.1) is 17.8 Å². The Morgan fingerprint density at radius 1 is 1.15 bits per heavy atom. The van der Waals surface area contributed by atoms with Gasteiger partial charge in [0.05, 0.1) is 0 Å². The molecule has 20 heavy (non-hydrogen) atoms. The molecule has 4 aliphatic rings. The lowest BCUT2D eigenvalue weighted by molar-refractivity contribution is -0.0190. The zero-order valence-electron chi connectivity index (χ0n) is 12.8. The maximum Gasteiger partial charge on any atom is 0.407 e. The van der Waals surface area contributed by atoms with Crippen LogP contribution < -0.4 is 10.6 Å². The van der Waals surface area contributed by atoms with Gasteiger partial charge in [0, 0.05) is 18.1 Å². The highest BCUT2D eigenvalue weighted by Gasteiger charge is 2.51. The average molecular weight is 280 g/mol. The molecule has 0 radical (unpaired) electrons. The summed E-state index contributed by atoms with van der Waals surface area (Å²) in [5.74, 6) is 2.55. The van der Waals surface area contributed by atoms with E-state index in [9.17, 15) is 4.79 Å². The van der Waals surface area contributed by atoms with E-state index in [1.165, 1.54) is 38.5 Å². The maximum absolute atomic E-state index is 12.0. The fraction of sp³-hybridized carbons (Fsp3) is 0.938. The van der Waals surface area contributed by atoms with Crippen molar-refractivity contribution in [1.29, 1.82) is 0 Å². The van der Waals surface area contributed by atoms with Crippen LogP contribution in [0.1, 0.15) is 52.4 Å². The van der Waals surface area contributed by atoms with Gasteiger partial charge in [-0.25, -0.2) is 4.79 Å². The van der Waals surface area contributed by atoms with Crippen molar-refractivity contribution in [2.45, 2.75) is 64.0 Å². The van der Waals surface area contributed by atoms with Gasteiger partial charge in [-0.3, -0.25) is 0 Å². The third kappa shape index (κ3) is 3.11. The molecule has 4 fully saturated rings. The highest BCUT2D eigenvalue weighted by molar-refractivity contribution is 5.68. The van der Waals surface area contributed by atoms with Gasteiger partial charge in [0.15, 0.2) is 0 Å². The molecule has 4 bridgehead atoms. The molecule has 0 aromatic carbocycles. The van der Waals surface area contributed by atoms with Crippen molar-refractivity contribution in [3.05, 3.63) is 0 Å². The summed E-state index contributed by atoms with van der Waals surface area (Å²) >= 11 is 0. The van der Waals surface area contributed by atoms with Crippen molar-refractivity contribution in [2.75, 3.05) is 13.2 Å². The normalized spacial score (nSPS) is 38.2. The van der Waals surface area contributed by atoms with E-state index in [0.29, 0.717) is 12.6 Å². The SMILES string of the molecule is CC(C)NCCOC(=O)NC12CC3CC(CC(C3)C1)C2. The zero-order chi connectivity index (χ0) is 14.2. The Kier molecular flexibility index (Phi) is 3.93. The lowest BCUT2D eigenvalue weighted by atomic mass is 9.53. The van der Waals surface area contributed by atoms with E-state index in [-0.39, 0.29) is 11.6 Å². The quantitative estimate of drug-likeness (QED) is 0.761. The number of alkyl carbamates (subject to hydrolysis) is 1. The monoisotopic (exact) mass is 280 g/mol. The van der Waals surface area contributed by atoms with Crippen LogP contribution in [0.15, 0.2) is 0 Å². The van der Waals surface area contributed by atoms with Crippen molar-refractivity contribution in [3.8, 4) is 0 Å². The predicted octanol–water partition coefficient (Wildman–Crippen LogP) is 2.68. The Morgan fingerprint density at radius 3 is 2.20 bits per heavy atom. The van der Waals surface area contributed by atoms with E-state index < -0.39 is 0 Å². The number of rotatable bonds is 5. The lowest BCUT2D eigenvalue weighted by Gasteiger charge is -2.56. The number of carbonyl (C=O) groups is 1.